The van der Waals surface area contributed by atoms with Gasteiger partial charge in [-0.25, -0.2) is 4.52 Å². The third-order valence-corrected chi connectivity index (χ3v) is 10.5. The van der Waals surface area contributed by atoms with Crippen LogP contribution >= 0.6 is 0 Å². The lowest BCUT2D eigenvalue weighted by Crippen LogP contribution is -2.32. The van der Waals surface area contributed by atoms with E-state index < -0.39 is 22.9 Å². The Labute approximate surface area is 290 Å². The number of fused-ring (bicyclic) bond motifs is 2. The minimum Gasteiger partial charge on any atom is -0.506 e. The van der Waals surface area contributed by atoms with E-state index in [0.717, 1.165) is 51.4 Å². The average molecular weight is 685 g/mol. The number of nitrogens with zero attached hydrogens (tertiary/aromatic N) is 7. The van der Waals surface area contributed by atoms with E-state index in [1.54, 1.807) is 9.03 Å². The normalized spacial score (nSPS) is 20.3. The molecule has 2 fully saturated rings. The van der Waals surface area contributed by atoms with E-state index in [2.05, 4.69) is 36.1 Å². The summed E-state index contributed by atoms with van der Waals surface area (Å²) in [6.45, 7) is 15.7. The number of carbonyl (C=O) groups excluding carboxylic acids is 3. The number of aromatic nitrogens is 8. The van der Waals surface area contributed by atoms with Gasteiger partial charge >= 0.3 is 0 Å². The number of allylic oxidation sites excluding steroid dienone is 2. The first-order chi connectivity index (χ1) is 23.6. The van der Waals surface area contributed by atoms with Gasteiger partial charge in [0.05, 0.1) is 39.7 Å². The predicted molar refractivity (Wildman–Crippen MR) is 186 cm³/mol. The van der Waals surface area contributed by atoms with Crippen molar-refractivity contribution in [3.63, 3.8) is 0 Å². The lowest BCUT2D eigenvalue weighted by molar-refractivity contribution is -0.126. The number of aliphatic hydroxyl groups excluding tert-OH is 1. The molecule has 0 aromatic carbocycles. The van der Waals surface area contributed by atoms with Crippen LogP contribution in [0.25, 0.3) is 22.4 Å². The Kier molecular flexibility index (Phi) is 8.13. The van der Waals surface area contributed by atoms with Gasteiger partial charge in [0.1, 0.15) is 5.76 Å². The second-order valence-electron chi connectivity index (χ2n) is 16.4. The molecule has 0 bridgehead atoms. The molecule has 14 nitrogen and oxygen atoms in total. The predicted octanol–water partition coefficient (Wildman–Crippen LogP) is 4.25. The molecular formula is C36H48N10O4. The van der Waals surface area contributed by atoms with E-state index in [1.807, 2.05) is 55.4 Å². The van der Waals surface area contributed by atoms with Crippen molar-refractivity contribution in [3.8, 4) is 0 Å². The van der Waals surface area contributed by atoms with Crippen LogP contribution in [0.2, 0.25) is 0 Å². The zero-order valence-corrected chi connectivity index (χ0v) is 30.3. The van der Waals surface area contributed by atoms with Crippen molar-refractivity contribution < 1.29 is 19.5 Å². The second kappa shape index (κ2) is 12.0. The maximum absolute atomic E-state index is 14.4. The summed E-state index contributed by atoms with van der Waals surface area (Å²) >= 11 is 0. The molecule has 0 radical (unpaired) electrons. The summed E-state index contributed by atoms with van der Waals surface area (Å²) in [4.78, 5) is 40.2. The van der Waals surface area contributed by atoms with Crippen LogP contribution in [0.1, 0.15) is 147 Å². The number of hydrogen-bond acceptors (Lipinski definition) is 9. The highest BCUT2D eigenvalue weighted by Gasteiger charge is 2.43. The second-order valence-corrected chi connectivity index (χ2v) is 16.4. The Hall–Kier alpha value is -4.62. The SMILES string of the molecule is CC(NC(=O)C1CCCC1)c1nnc2c(=C3C(=O)C(c4c(C(C)(C)C)[nH]n5c(C(C)NC(=O)C6CCCC6)nnc45)=C3O)c(C(C)(C)C)nn12. The van der Waals surface area contributed by atoms with Crippen molar-refractivity contribution in [1.82, 2.24) is 50.3 Å². The standard InChI is InChI=1S/C36H48N10O4/c1-17(37-33(49)19-13-9-10-14-19)29-39-41-31-23(27(35(3,4)5)43-45(29)31)21-25(47)22(26(21)48)24-28(36(6,7)8)44-46-30(40-42-32(24)46)18(2)38-34(50)20-15-11-12-16-20/h17-20,43,47H,9-16H2,1-8H3,(H,37,49)(H,38,50). The smallest absolute Gasteiger partial charge is 0.223 e. The van der Waals surface area contributed by atoms with Crippen molar-refractivity contribution in [2.75, 3.05) is 0 Å². The van der Waals surface area contributed by atoms with Crippen molar-refractivity contribution >= 4 is 40.0 Å². The van der Waals surface area contributed by atoms with Gasteiger partial charge in [0, 0.05) is 28.4 Å². The van der Waals surface area contributed by atoms with E-state index in [9.17, 15) is 19.5 Å². The first-order valence-corrected chi connectivity index (χ1v) is 17.9. The molecule has 2 unspecified atom stereocenters. The third kappa shape index (κ3) is 5.47. The van der Waals surface area contributed by atoms with Crippen LogP contribution in [0.4, 0.5) is 0 Å². The molecule has 4 N–H and O–H groups in total. The van der Waals surface area contributed by atoms with Gasteiger partial charge in [-0.05, 0) is 39.5 Å². The molecule has 2 amide bonds. The Morgan fingerprint density at radius 1 is 0.780 bits per heavy atom. The summed E-state index contributed by atoms with van der Waals surface area (Å²) in [5.74, 6) is 0.414. The third-order valence-electron chi connectivity index (χ3n) is 10.5. The summed E-state index contributed by atoms with van der Waals surface area (Å²) < 4.78 is 3.29. The van der Waals surface area contributed by atoms with Crippen LogP contribution in [-0.4, -0.2) is 62.3 Å². The lowest BCUT2D eigenvalue weighted by Gasteiger charge is -2.25. The molecule has 50 heavy (non-hydrogen) atoms. The molecule has 14 heteroatoms. The number of ketones is 1. The number of aromatic amines is 1. The summed E-state index contributed by atoms with van der Waals surface area (Å²) in [5.41, 5.74) is 1.73. The number of nitrogens with one attached hydrogen (secondary N) is 3. The van der Waals surface area contributed by atoms with Crippen molar-refractivity contribution in [2.24, 2.45) is 11.8 Å². The number of Topliss-reactive ketones (excluding diaryl/α,β-unsaturated/α-hetero) is 1. The number of aliphatic hydroxyl groups is 1. The van der Waals surface area contributed by atoms with E-state index in [-0.39, 0.29) is 46.3 Å². The molecule has 7 rings (SSSR count). The topological polar surface area (TPSA) is 185 Å². The van der Waals surface area contributed by atoms with Crippen LogP contribution < -0.4 is 15.9 Å². The van der Waals surface area contributed by atoms with Crippen LogP contribution in [0.3, 0.4) is 0 Å². The van der Waals surface area contributed by atoms with Gasteiger partial charge in [-0.3, -0.25) is 19.5 Å². The minimum absolute atomic E-state index is 0.00182. The molecular weight excluding hydrogens is 636 g/mol. The van der Waals surface area contributed by atoms with Gasteiger partial charge in [-0.15, -0.1) is 20.4 Å². The molecule has 2 saturated carbocycles. The van der Waals surface area contributed by atoms with Gasteiger partial charge in [0.2, 0.25) is 17.6 Å². The fraction of sp³-hybridized carbons (Fsp3) is 0.611. The van der Waals surface area contributed by atoms with Crippen LogP contribution in [0.15, 0.2) is 5.76 Å². The van der Waals surface area contributed by atoms with Crippen LogP contribution in [0.5, 0.6) is 0 Å². The van der Waals surface area contributed by atoms with E-state index in [4.69, 9.17) is 5.10 Å². The Balaban J connectivity index is 1.32. The Bertz CT molecular complexity index is 2110. The molecule has 0 saturated heterocycles. The van der Waals surface area contributed by atoms with Gasteiger partial charge < -0.3 is 15.7 Å². The number of carbonyl (C=O) groups is 3. The molecule has 0 spiro atoms. The summed E-state index contributed by atoms with van der Waals surface area (Å²) in [6.07, 6.45) is 7.75. The quantitative estimate of drug-likeness (QED) is 0.221. The molecule has 4 aromatic heterocycles. The maximum atomic E-state index is 14.4. The van der Waals surface area contributed by atoms with E-state index >= 15 is 0 Å². The zero-order chi connectivity index (χ0) is 35.9. The summed E-state index contributed by atoms with van der Waals surface area (Å²) in [6, 6.07) is -0.907. The van der Waals surface area contributed by atoms with Gasteiger partial charge in [0.25, 0.3) is 0 Å². The molecule has 4 heterocycles. The summed E-state index contributed by atoms with van der Waals surface area (Å²) in [5, 5.41) is 44.4. The summed E-state index contributed by atoms with van der Waals surface area (Å²) in [7, 11) is 0. The highest BCUT2D eigenvalue weighted by molar-refractivity contribution is 6.52. The van der Waals surface area contributed by atoms with Gasteiger partial charge in [-0.1, -0.05) is 67.2 Å². The molecule has 0 aliphatic heterocycles. The first-order valence-electron chi connectivity index (χ1n) is 17.9. The molecule has 2 atom stereocenters. The largest absolute Gasteiger partial charge is 0.506 e. The van der Waals surface area contributed by atoms with Crippen molar-refractivity contribution in [1.29, 1.82) is 0 Å². The van der Waals surface area contributed by atoms with E-state index in [1.165, 1.54) is 0 Å². The minimum atomic E-state index is -0.522. The van der Waals surface area contributed by atoms with Crippen LogP contribution in [0, 0.1) is 11.8 Å². The number of hydrogen-bond donors (Lipinski definition) is 4. The molecule has 4 aromatic rings. The Morgan fingerprint density at radius 3 is 1.82 bits per heavy atom. The average Bonchev–Trinajstić information content (AvgIpc) is 3.87. The number of H-pyrrole nitrogens is 1. The number of rotatable bonds is 7. The highest BCUT2D eigenvalue weighted by atomic mass is 16.3. The monoisotopic (exact) mass is 684 g/mol. The molecule has 266 valence electrons. The molecule has 3 aliphatic rings. The molecule has 3 aliphatic carbocycles. The lowest BCUT2D eigenvalue weighted by atomic mass is 9.77. The van der Waals surface area contributed by atoms with E-state index in [0.29, 0.717) is 45.1 Å². The zero-order valence-electron chi connectivity index (χ0n) is 30.3. The van der Waals surface area contributed by atoms with Crippen molar-refractivity contribution in [3.05, 3.63) is 39.6 Å². The number of amides is 2. The Morgan fingerprint density at radius 2 is 1.30 bits per heavy atom. The first kappa shape index (κ1) is 33.9. The fourth-order valence-electron chi connectivity index (χ4n) is 7.77. The van der Waals surface area contributed by atoms with Gasteiger partial charge in [-0.2, -0.15) is 9.61 Å². The van der Waals surface area contributed by atoms with Crippen LogP contribution in [-0.2, 0) is 25.2 Å². The van der Waals surface area contributed by atoms with Gasteiger partial charge in [0.15, 0.2) is 22.9 Å². The highest BCUT2D eigenvalue weighted by Crippen LogP contribution is 2.43. The van der Waals surface area contributed by atoms with Crippen molar-refractivity contribution in [2.45, 2.75) is 130 Å². The fourth-order valence-corrected chi connectivity index (χ4v) is 7.77. The maximum Gasteiger partial charge on any atom is 0.223 e.